The first-order valence-electron chi connectivity index (χ1n) is 7.00. The maximum Gasteiger partial charge on any atom is 0.245 e. The summed E-state index contributed by atoms with van der Waals surface area (Å²) in [4.78, 5) is 0.00726. The number of piperidine rings is 1. The van der Waals surface area contributed by atoms with Gasteiger partial charge in [0.15, 0.2) is 0 Å². The monoisotopic (exact) mass is 300 g/mol. The van der Waals surface area contributed by atoms with Crippen LogP contribution in [0.15, 0.2) is 23.1 Å². The molecule has 0 amide bonds. The Bertz CT molecular complexity index is 567. The number of hydrogen-bond acceptors (Lipinski definition) is 3. The minimum Gasteiger partial charge on any atom is -0.398 e. The maximum atomic E-state index is 13.0. The fraction of sp³-hybridized carbons (Fsp3) is 0.571. The van der Waals surface area contributed by atoms with Crippen molar-refractivity contribution < 1.29 is 12.8 Å². The third-order valence-corrected chi connectivity index (χ3v) is 5.83. The van der Waals surface area contributed by atoms with Crippen LogP contribution < -0.4 is 5.73 Å². The topological polar surface area (TPSA) is 63.4 Å². The predicted octanol–water partition coefficient (Wildman–Crippen LogP) is 2.61. The molecule has 0 aromatic heterocycles. The molecule has 0 spiro atoms. The number of rotatable bonds is 4. The number of benzene rings is 1. The Kier molecular flexibility index (Phi) is 4.65. The van der Waals surface area contributed by atoms with Crippen molar-refractivity contribution in [3.8, 4) is 0 Å². The second-order valence-corrected chi connectivity index (χ2v) is 7.22. The molecule has 112 valence electrons. The van der Waals surface area contributed by atoms with Gasteiger partial charge in [-0.05, 0) is 37.0 Å². The summed E-state index contributed by atoms with van der Waals surface area (Å²) in [6.07, 6.45) is 4.04. The molecule has 1 aliphatic rings. The average Bonchev–Trinajstić information content (AvgIpc) is 2.39. The lowest BCUT2D eigenvalue weighted by Crippen LogP contribution is -2.38. The van der Waals surface area contributed by atoms with Crippen LogP contribution in [0.1, 0.15) is 32.6 Å². The summed E-state index contributed by atoms with van der Waals surface area (Å²) < 4.78 is 39.5. The van der Waals surface area contributed by atoms with Crippen molar-refractivity contribution in [2.45, 2.75) is 37.5 Å². The molecular formula is C14H21FN2O2S. The normalized spacial score (nSPS) is 18.3. The van der Waals surface area contributed by atoms with Crippen LogP contribution in [0.25, 0.3) is 0 Å². The van der Waals surface area contributed by atoms with Crippen molar-refractivity contribution in [1.29, 1.82) is 0 Å². The number of halogens is 1. The summed E-state index contributed by atoms with van der Waals surface area (Å²) in [5, 5.41) is 0. The molecule has 0 bridgehead atoms. The lowest BCUT2D eigenvalue weighted by Gasteiger charge is -2.31. The van der Waals surface area contributed by atoms with E-state index in [4.69, 9.17) is 5.73 Å². The first-order valence-corrected chi connectivity index (χ1v) is 8.44. The zero-order valence-electron chi connectivity index (χ0n) is 11.7. The number of sulfonamides is 1. The van der Waals surface area contributed by atoms with E-state index in [0.29, 0.717) is 19.0 Å². The average molecular weight is 300 g/mol. The molecule has 1 aromatic rings. The van der Waals surface area contributed by atoms with Gasteiger partial charge in [0, 0.05) is 13.1 Å². The molecule has 2 N–H and O–H groups in total. The minimum absolute atomic E-state index is 0.00726. The molecule has 1 fully saturated rings. The van der Waals surface area contributed by atoms with Gasteiger partial charge < -0.3 is 5.73 Å². The standard InChI is InChI=1S/C14H21FN2O2S/c1-2-3-11-6-8-17(9-7-11)20(18,19)14-5-4-12(15)10-13(14)16/h4-5,10-11H,2-3,6-9,16H2,1H3. The van der Waals surface area contributed by atoms with Gasteiger partial charge in [-0.1, -0.05) is 19.8 Å². The van der Waals surface area contributed by atoms with Crippen molar-refractivity contribution in [3.63, 3.8) is 0 Å². The molecule has 0 aliphatic carbocycles. The first-order chi connectivity index (χ1) is 9.45. The molecule has 0 radical (unpaired) electrons. The molecule has 2 rings (SSSR count). The third kappa shape index (κ3) is 3.12. The molecule has 6 heteroatoms. The van der Waals surface area contributed by atoms with Gasteiger partial charge in [-0.15, -0.1) is 0 Å². The van der Waals surface area contributed by atoms with Crippen molar-refractivity contribution in [3.05, 3.63) is 24.0 Å². The summed E-state index contributed by atoms with van der Waals surface area (Å²) in [6, 6.07) is 3.43. The van der Waals surface area contributed by atoms with Gasteiger partial charge in [0.25, 0.3) is 0 Å². The number of anilines is 1. The molecule has 0 unspecified atom stereocenters. The van der Waals surface area contributed by atoms with Crippen molar-refractivity contribution in [1.82, 2.24) is 4.31 Å². The van der Waals surface area contributed by atoms with Gasteiger partial charge >= 0.3 is 0 Å². The molecule has 1 saturated heterocycles. The van der Waals surface area contributed by atoms with Gasteiger partial charge in [-0.2, -0.15) is 4.31 Å². The van der Waals surface area contributed by atoms with Gasteiger partial charge in [0.05, 0.1) is 5.69 Å². The van der Waals surface area contributed by atoms with Crippen molar-refractivity contribution in [2.75, 3.05) is 18.8 Å². The highest BCUT2D eigenvalue weighted by Crippen LogP contribution is 2.28. The Hall–Kier alpha value is -1.14. The summed E-state index contributed by atoms with van der Waals surface area (Å²) in [7, 11) is -3.61. The second-order valence-electron chi connectivity index (χ2n) is 5.32. The lowest BCUT2D eigenvalue weighted by atomic mass is 9.94. The zero-order chi connectivity index (χ0) is 14.8. The van der Waals surface area contributed by atoms with Gasteiger partial charge in [-0.3, -0.25) is 0 Å². The van der Waals surface area contributed by atoms with E-state index in [1.54, 1.807) is 0 Å². The van der Waals surface area contributed by atoms with Crippen LogP contribution in [0.2, 0.25) is 0 Å². The van der Waals surface area contributed by atoms with Crippen LogP contribution in [0.3, 0.4) is 0 Å². The fourth-order valence-corrected chi connectivity index (χ4v) is 4.31. The van der Waals surface area contributed by atoms with E-state index in [0.717, 1.165) is 37.8 Å². The second kappa shape index (κ2) is 6.10. The molecule has 0 saturated carbocycles. The highest BCUT2D eigenvalue weighted by atomic mass is 32.2. The van der Waals surface area contributed by atoms with Gasteiger partial charge in [-0.25, -0.2) is 12.8 Å². The lowest BCUT2D eigenvalue weighted by molar-refractivity contribution is 0.262. The predicted molar refractivity (Wildman–Crippen MR) is 77.2 cm³/mol. The summed E-state index contributed by atoms with van der Waals surface area (Å²) in [5.74, 6) is 0.0834. The van der Waals surface area contributed by atoms with Crippen LogP contribution in [-0.4, -0.2) is 25.8 Å². The molecule has 1 heterocycles. The summed E-state index contributed by atoms with van der Waals surface area (Å²) >= 11 is 0. The SMILES string of the molecule is CCCC1CCN(S(=O)(=O)c2ccc(F)cc2N)CC1. The van der Waals surface area contributed by atoms with Crippen LogP contribution >= 0.6 is 0 Å². The summed E-state index contributed by atoms with van der Waals surface area (Å²) in [5.41, 5.74) is 5.62. The third-order valence-electron chi connectivity index (χ3n) is 3.86. The minimum atomic E-state index is -3.61. The van der Waals surface area contributed by atoms with E-state index in [2.05, 4.69) is 6.92 Å². The number of nitrogens with two attached hydrogens (primary N) is 1. The largest absolute Gasteiger partial charge is 0.398 e. The first kappa shape index (κ1) is 15.3. The Morgan fingerprint density at radius 3 is 2.55 bits per heavy atom. The van der Waals surface area contributed by atoms with E-state index >= 15 is 0 Å². The highest BCUT2D eigenvalue weighted by Gasteiger charge is 2.30. The molecule has 20 heavy (non-hydrogen) atoms. The Balaban J connectivity index is 2.15. The molecule has 1 aromatic carbocycles. The molecular weight excluding hydrogens is 279 g/mol. The van der Waals surface area contributed by atoms with E-state index in [-0.39, 0.29) is 10.6 Å². The zero-order valence-corrected chi connectivity index (χ0v) is 12.5. The van der Waals surface area contributed by atoms with Gasteiger partial charge in [0.2, 0.25) is 10.0 Å². The van der Waals surface area contributed by atoms with Crippen molar-refractivity contribution >= 4 is 15.7 Å². The number of nitrogen functional groups attached to an aromatic ring is 1. The van der Waals surface area contributed by atoms with Crippen LogP contribution in [0, 0.1) is 11.7 Å². The number of hydrogen-bond donors (Lipinski definition) is 1. The van der Waals surface area contributed by atoms with E-state index in [1.807, 2.05) is 0 Å². The summed E-state index contributed by atoms with van der Waals surface area (Å²) in [6.45, 7) is 3.18. The Labute approximate surface area is 119 Å². The fourth-order valence-electron chi connectivity index (χ4n) is 2.74. The Morgan fingerprint density at radius 1 is 1.35 bits per heavy atom. The van der Waals surface area contributed by atoms with Crippen LogP contribution in [0.5, 0.6) is 0 Å². The van der Waals surface area contributed by atoms with Gasteiger partial charge in [0.1, 0.15) is 10.7 Å². The Morgan fingerprint density at radius 2 is 2.00 bits per heavy atom. The van der Waals surface area contributed by atoms with E-state index in [1.165, 1.54) is 10.4 Å². The smallest absolute Gasteiger partial charge is 0.245 e. The molecule has 0 atom stereocenters. The highest BCUT2D eigenvalue weighted by molar-refractivity contribution is 7.89. The van der Waals surface area contributed by atoms with Crippen molar-refractivity contribution in [2.24, 2.45) is 5.92 Å². The van der Waals surface area contributed by atoms with Crippen LogP contribution in [0.4, 0.5) is 10.1 Å². The molecule has 4 nitrogen and oxygen atoms in total. The van der Waals surface area contributed by atoms with E-state index < -0.39 is 15.8 Å². The quantitative estimate of drug-likeness (QED) is 0.869. The molecule has 1 aliphatic heterocycles. The van der Waals surface area contributed by atoms with Crippen LogP contribution in [-0.2, 0) is 10.0 Å². The number of nitrogens with zero attached hydrogens (tertiary/aromatic N) is 1. The maximum absolute atomic E-state index is 13.0. The van der Waals surface area contributed by atoms with E-state index in [9.17, 15) is 12.8 Å².